The average Bonchev–Trinajstić information content (AvgIpc) is 3.58. The second-order valence-electron chi connectivity index (χ2n) is 12.8. The van der Waals surface area contributed by atoms with Gasteiger partial charge in [-0.2, -0.15) is 8.42 Å². The number of aromatic hydroxyl groups is 2. The third kappa shape index (κ3) is 21.6. The van der Waals surface area contributed by atoms with E-state index >= 15 is 0 Å². The molecule has 17 nitrogen and oxygen atoms in total. The van der Waals surface area contributed by atoms with Crippen molar-refractivity contribution in [1.82, 2.24) is 4.98 Å². The van der Waals surface area contributed by atoms with E-state index < -0.39 is 52.7 Å². The van der Waals surface area contributed by atoms with Crippen molar-refractivity contribution in [2.24, 2.45) is 11.7 Å². The van der Waals surface area contributed by atoms with Crippen LogP contribution in [0, 0.1) is 11.7 Å². The number of halogens is 1. The number of para-hydroxylation sites is 1. The number of rotatable bonds is 13. The SMILES string of the molecule is CC(=O)Oc1cccc(C=CC(=O)O)c1.CC(C)CSc1cc(S(=O)(=O)O)c(O)cc1O.CCCOc1ccc(C(=O)O)c(F)c1.NCCc1c[nH]c2ccccc12.O=[P+](O)O. The Kier molecular flexibility index (Phi) is 24.4. The second kappa shape index (κ2) is 27.9. The maximum Gasteiger partial charge on any atom is 0.692 e. The number of aromatic nitrogens is 1. The maximum absolute atomic E-state index is 13.1. The predicted molar refractivity (Wildman–Crippen MR) is 232 cm³/mol. The van der Waals surface area contributed by atoms with Gasteiger partial charge in [0.1, 0.15) is 33.7 Å². The lowest BCUT2D eigenvalue weighted by atomic mass is 10.1. The van der Waals surface area contributed by atoms with Crippen LogP contribution in [-0.2, 0) is 30.7 Å². The molecular formula is C41H49FN2O15PS2+. The summed E-state index contributed by atoms with van der Waals surface area (Å²) in [4.78, 5) is 48.6. The number of phenolic OH excluding ortho intramolecular Hbond substituents is 2. The van der Waals surface area contributed by atoms with Crippen molar-refractivity contribution in [1.29, 1.82) is 0 Å². The molecule has 0 radical (unpaired) electrons. The van der Waals surface area contributed by atoms with Crippen LogP contribution >= 0.6 is 20.0 Å². The van der Waals surface area contributed by atoms with Crippen molar-refractivity contribution in [2.45, 2.75) is 50.3 Å². The van der Waals surface area contributed by atoms with E-state index in [1.807, 2.05) is 33.0 Å². The summed E-state index contributed by atoms with van der Waals surface area (Å²) in [6.07, 6.45) is 6.26. The van der Waals surface area contributed by atoms with Crippen LogP contribution in [0.3, 0.4) is 0 Å². The number of thioether (sulfide) groups is 1. The minimum absolute atomic E-state index is 0.208. The first-order valence-electron chi connectivity index (χ1n) is 18.2. The van der Waals surface area contributed by atoms with Crippen molar-refractivity contribution < 1.29 is 76.0 Å². The monoisotopic (exact) mass is 923 g/mol. The van der Waals surface area contributed by atoms with Gasteiger partial charge in [0.05, 0.1) is 17.1 Å². The van der Waals surface area contributed by atoms with Gasteiger partial charge < -0.3 is 40.6 Å². The van der Waals surface area contributed by atoms with Crippen molar-refractivity contribution in [3.05, 3.63) is 114 Å². The third-order valence-corrected chi connectivity index (χ3v) is 9.52. The Morgan fingerprint density at radius 3 is 2.16 bits per heavy atom. The molecule has 4 aromatic carbocycles. The molecular weight excluding hydrogens is 875 g/mol. The van der Waals surface area contributed by atoms with Gasteiger partial charge in [-0.3, -0.25) is 9.35 Å². The smallest absolute Gasteiger partial charge is 0.507 e. The lowest BCUT2D eigenvalue weighted by Crippen LogP contribution is -2.01. The molecule has 0 aliphatic carbocycles. The lowest BCUT2D eigenvalue weighted by molar-refractivity contribution is -0.132. The highest BCUT2D eigenvalue weighted by Gasteiger charge is 2.19. The summed E-state index contributed by atoms with van der Waals surface area (Å²) in [5.41, 5.74) is 8.33. The number of benzene rings is 4. The van der Waals surface area contributed by atoms with Gasteiger partial charge in [0.2, 0.25) is 0 Å². The van der Waals surface area contributed by atoms with E-state index in [-0.39, 0.29) is 11.3 Å². The Morgan fingerprint density at radius 1 is 0.952 bits per heavy atom. The van der Waals surface area contributed by atoms with Gasteiger partial charge in [0.25, 0.3) is 10.1 Å². The van der Waals surface area contributed by atoms with Crippen LogP contribution in [0.2, 0.25) is 0 Å². The van der Waals surface area contributed by atoms with Crippen LogP contribution in [0.25, 0.3) is 17.0 Å². The number of aromatic amines is 1. The summed E-state index contributed by atoms with van der Waals surface area (Å²) in [6, 6.07) is 20.6. The number of carboxylic acid groups (broad SMARTS) is 2. The summed E-state index contributed by atoms with van der Waals surface area (Å²) in [5, 5.41) is 37.1. The van der Waals surface area contributed by atoms with E-state index in [9.17, 15) is 37.4 Å². The number of hydrogen-bond donors (Lipinski definition) is 9. The second-order valence-corrected chi connectivity index (χ2v) is 15.7. The topological polar surface area (TPSA) is 304 Å². The molecule has 62 heavy (non-hydrogen) atoms. The number of fused-ring (bicyclic) bond motifs is 1. The average molecular weight is 924 g/mol. The number of carboxylic acids is 2. The zero-order valence-electron chi connectivity index (χ0n) is 34.0. The summed E-state index contributed by atoms with van der Waals surface area (Å²) in [6.45, 7) is 8.40. The minimum Gasteiger partial charge on any atom is -0.507 e. The Hall–Kier alpha value is -5.86. The highest BCUT2D eigenvalue weighted by atomic mass is 32.2. The fourth-order valence-corrected chi connectivity index (χ4v) is 6.19. The molecule has 5 rings (SSSR count). The van der Waals surface area contributed by atoms with Gasteiger partial charge in [-0.15, -0.1) is 21.5 Å². The molecule has 10 N–H and O–H groups in total. The van der Waals surface area contributed by atoms with Crippen LogP contribution in [0.15, 0.2) is 101 Å². The molecule has 0 aliphatic heterocycles. The molecule has 0 bridgehead atoms. The number of nitrogens with one attached hydrogen (secondary N) is 1. The van der Waals surface area contributed by atoms with Crippen molar-refractivity contribution in [3.63, 3.8) is 0 Å². The quantitative estimate of drug-likeness (QED) is 0.0139. The van der Waals surface area contributed by atoms with E-state index in [0.717, 1.165) is 37.1 Å². The predicted octanol–water partition coefficient (Wildman–Crippen LogP) is 7.41. The number of nitrogens with two attached hydrogens (primary N) is 1. The Labute approximate surface area is 362 Å². The van der Waals surface area contributed by atoms with Gasteiger partial charge in [0, 0.05) is 52.6 Å². The molecule has 0 atom stereocenters. The first-order valence-corrected chi connectivity index (χ1v) is 21.8. The van der Waals surface area contributed by atoms with E-state index in [2.05, 4.69) is 23.2 Å². The van der Waals surface area contributed by atoms with Crippen molar-refractivity contribution >= 4 is 65.0 Å². The fraction of sp³-hybridized carbons (Fsp3) is 0.244. The molecule has 5 aromatic rings. The highest BCUT2D eigenvalue weighted by molar-refractivity contribution is 7.99. The zero-order chi connectivity index (χ0) is 47.0. The zero-order valence-corrected chi connectivity index (χ0v) is 36.5. The van der Waals surface area contributed by atoms with E-state index in [0.29, 0.717) is 46.8 Å². The van der Waals surface area contributed by atoms with Crippen LogP contribution in [0.5, 0.6) is 23.0 Å². The molecule has 1 aromatic heterocycles. The summed E-state index contributed by atoms with van der Waals surface area (Å²) < 4.78 is 62.6. The Morgan fingerprint density at radius 2 is 1.61 bits per heavy atom. The number of carbonyl (C=O) groups excluding carboxylic acids is 1. The number of H-pyrrole nitrogens is 1. The van der Waals surface area contributed by atoms with Crippen LogP contribution in [0.4, 0.5) is 4.39 Å². The molecule has 0 fully saturated rings. The largest absolute Gasteiger partial charge is 0.692 e. The van der Waals surface area contributed by atoms with Crippen LogP contribution in [-0.4, -0.2) is 85.0 Å². The normalized spacial score (nSPS) is 10.5. The fourth-order valence-electron chi connectivity index (χ4n) is 4.61. The molecule has 21 heteroatoms. The first kappa shape index (κ1) is 54.2. The number of hydrogen-bond acceptors (Lipinski definition) is 12. The number of aliphatic carboxylic acids is 1. The van der Waals surface area contributed by atoms with E-state index in [1.54, 1.807) is 24.3 Å². The minimum atomic E-state index is -4.49. The number of aromatic carboxylic acids is 1. The molecule has 0 aliphatic rings. The third-order valence-electron chi connectivity index (χ3n) is 7.16. The molecule has 0 saturated carbocycles. The number of esters is 1. The van der Waals surface area contributed by atoms with Crippen LogP contribution < -0.4 is 15.2 Å². The molecule has 1 heterocycles. The molecule has 0 saturated heterocycles. The standard InChI is InChI=1S/C11H10O4.C10H11FO3.C10H12N2.C10H14O5S2.HO3P/c1-8(12)15-10-4-2-3-9(7-10)5-6-11(13)14;1-2-5-14-7-3-4-8(10(12)13)9(11)6-7;11-6-5-8-7-12-10-4-2-1-3-9(8)10;1-6(2)5-16-9-4-10(17(13,14)15)8(12)3-7(9)11;1-4(2)3/h2-7H,1H3,(H,13,14);3-4,6H,2,5H2,1H3,(H,12,13);1-4,7,12H,5-6,11H2;3-4,6,11-12H,5H2,1-2H3,(H,13,14,15);(H-,1,2,3)/p+1. The van der Waals surface area contributed by atoms with E-state index in [4.69, 9.17) is 44.3 Å². The number of phenols is 2. The molecule has 336 valence electrons. The summed E-state index contributed by atoms with van der Waals surface area (Å²) in [5.74, 6) is -2.55. The van der Waals surface area contributed by atoms with Gasteiger partial charge in [-0.1, -0.05) is 51.1 Å². The van der Waals surface area contributed by atoms with Gasteiger partial charge in [-0.05, 0) is 78.9 Å². The van der Waals surface area contributed by atoms with Crippen molar-refractivity contribution in [2.75, 3.05) is 18.9 Å². The first-order chi connectivity index (χ1) is 29.1. The van der Waals surface area contributed by atoms with Gasteiger partial charge >= 0.3 is 26.2 Å². The molecule has 0 unspecified atom stereocenters. The Balaban J connectivity index is 0.000000403. The summed E-state index contributed by atoms with van der Waals surface area (Å²) in [7, 11) is -7.36. The summed E-state index contributed by atoms with van der Waals surface area (Å²) >= 11 is 1.26. The number of ether oxygens (including phenoxy) is 2. The van der Waals surface area contributed by atoms with E-state index in [1.165, 1.54) is 53.4 Å². The van der Waals surface area contributed by atoms with Crippen LogP contribution in [0.1, 0.15) is 55.6 Å². The van der Waals surface area contributed by atoms with Gasteiger partial charge in [-0.25, -0.2) is 14.0 Å². The maximum atomic E-state index is 13.1. The lowest BCUT2D eigenvalue weighted by Gasteiger charge is -2.09. The molecule has 0 amide bonds. The van der Waals surface area contributed by atoms with Gasteiger partial charge in [0.15, 0.2) is 0 Å². The number of carbonyl (C=O) groups is 3. The van der Waals surface area contributed by atoms with Crippen molar-refractivity contribution in [3.8, 4) is 23.0 Å². The Bertz CT molecular complexity index is 2390. The highest BCUT2D eigenvalue weighted by Crippen LogP contribution is 2.37. The molecule has 0 spiro atoms.